The van der Waals surface area contributed by atoms with Gasteiger partial charge in [0.2, 0.25) is 0 Å². The molecule has 0 fully saturated rings. The van der Waals surface area contributed by atoms with Crippen molar-refractivity contribution in [3.05, 3.63) is 60.8 Å². The zero-order valence-corrected chi connectivity index (χ0v) is 16.9. The summed E-state index contributed by atoms with van der Waals surface area (Å²) in [7, 11) is 0. The van der Waals surface area contributed by atoms with Gasteiger partial charge in [-0.2, -0.15) is 12.6 Å². The topological polar surface area (TPSA) is 20.2 Å². The Bertz CT molecular complexity index is 400. The second-order valence-electron chi connectivity index (χ2n) is 6.22. The minimum atomic E-state index is 0.269. The van der Waals surface area contributed by atoms with Gasteiger partial charge < -0.3 is 5.11 Å². The number of hydrogen-bond acceptors (Lipinski definition) is 2. The molecular weight excluding hydrogens is 324 g/mol. The fourth-order valence-corrected chi connectivity index (χ4v) is 2.60. The highest BCUT2D eigenvalue weighted by Crippen LogP contribution is 2.11. The van der Waals surface area contributed by atoms with Gasteiger partial charge in [-0.1, -0.05) is 74.1 Å². The van der Waals surface area contributed by atoms with E-state index in [-0.39, 0.29) is 6.61 Å². The predicted octanol–water partition coefficient (Wildman–Crippen LogP) is 6.84. The summed E-state index contributed by atoms with van der Waals surface area (Å²) in [4.78, 5) is 0. The molecule has 0 heterocycles. The van der Waals surface area contributed by atoms with Crippen molar-refractivity contribution in [1.29, 1.82) is 0 Å². The highest BCUT2D eigenvalue weighted by atomic mass is 32.1. The predicted molar refractivity (Wildman–Crippen MR) is 117 cm³/mol. The van der Waals surface area contributed by atoms with Crippen LogP contribution in [0.4, 0.5) is 0 Å². The van der Waals surface area contributed by atoms with Crippen LogP contribution in [0.5, 0.6) is 0 Å². The molecule has 0 bridgehead atoms. The maximum absolute atomic E-state index is 9.09. The van der Waals surface area contributed by atoms with Gasteiger partial charge in [0.05, 0.1) is 0 Å². The van der Waals surface area contributed by atoms with Crippen LogP contribution in [0, 0.1) is 5.92 Å². The van der Waals surface area contributed by atoms with Crippen LogP contribution in [0.25, 0.3) is 0 Å². The molecule has 0 aliphatic heterocycles. The van der Waals surface area contributed by atoms with Gasteiger partial charge in [-0.15, -0.1) is 0 Å². The molecule has 0 aliphatic carbocycles. The quantitative estimate of drug-likeness (QED) is 0.175. The molecule has 0 radical (unpaired) electrons. The van der Waals surface area contributed by atoms with E-state index in [9.17, 15) is 0 Å². The summed E-state index contributed by atoms with van der Waals surface area (Å²) in [6.07, 6.45) is 32.1. The van der Waals surface area contributed by atoms with Gasteiger partial charge >= 0.3 is 0 Å². The maximum atomic E-state index is 9.09. The normalized spacial score (nSPS) is 14.2. The van der Waals surface area contributed by atoms with Gasteiger partial charge in [0.15, 0.2) is 0 Å². The van der Waals surface area contributed by atoms with Crippen LogP contribution >= 0.6 is 12.6 Å². The largest absolute Gasteiger partial charge is 0.396 e. The van der Waals surface area contributed by atoms with Crippen molar-refractivity contribution >= 4 is 12.6 Å². The fraction of sp³-hybridized carbons (Fsp3) is 0.565. The van der Waals surface area contributed by atoms with E-state index >= 15 is 0 Å². The van der Waals surface area contributed by atoms with Gasteiger partial charge in [-0.3, -0.25) is 0 Å². The van der Waals surface area contributed by atoms with E-state index in [1.807, 2.05) is 0 Å². The van der Waals surface area contributed by atoms with Gasteiger partial charge in [-0.25, -0.2) is 0 Å². The van der Waals surface area contributed by atoms with Crippen molar-refractivity contribution in [1.82, 2.24) is 0 Å². The van der Waals surface area contributed by atoms with E-state index < -0.39 is 0 Å². The van der Waals surface area contributed by atoms with Crippen LogP contribution in [0.15, 0.2) is 60.8 Å². The molecule has 1 atom stereocenters. The lowest BCUT2D eigenvalue weighted by atomic mass is 10.0. The number of allylic oxidation sites excluding steroid dienone is 10. The monoisotopic (exact) mass is 362 g/mol. The van der Waals surface area contributed by atoms with Crippen LogP contribution in [0.2, 0.25) is 0 Å². The van der Waals surface area contributed by atoms with Gasteiger partial charge in [0.25, 0.3) is 0 Å². The molecule has 0 saturated carbocycles. The highest BCUT2D eigenvalue weighted by Gasteiger charge is 2.03. The number of hydrogen-bond donors (Lipinski definition) is 2. The third-order valence-electron chi connectivity index (χ3n) is 3.91. The van der Waals surface area contributed by atoms with Crippen LogP contribution in [-0.4, -0.2) is 17.5 Å². The molecule has 2 heteroatoms. The van der Waals surface area contributed by atoms with Crippen molar-refractivity contribution in [3.8, 4) is 0 Å². The Kier molecular flexibility index (Phi) is 20.2. The second kappa shape index (κ2) is 21.1. The van der Waals surface area contributed by atoms with Crippen molar-refractivity contribution in [2.75, 3.05) is 12.4 Å². The molecular formula is C23H38OS. The number of rotatable bonds is 16. The van der Waals surface area contributed by atoms with E-state index in [0.717, 1.165) is 50.7 Å². The van der Waals surface area contributed by atoms with Crippen molar-refractivity contribution in [2.45, 2.75) is 64.7 Å². The molecule has 0 spiro atoms. The SMILES string of the molecule is CC/C=C/C/C=C/C/C=C/C/C=C/C/C=C/CCCCC(CO)CS. The summed E-state index contributed by atoms with van der Waals surface area (Å²) in [5.41, 5.74) is 0. The van der Waals surface area contributed by atoms with Crippen molar-refractivity contribution < 1.29 is 5.11 Å². The Labute approximate surface area is 161 Å². The van der Waals surface area contributed by atoms with Crippen molar-refractivity contribution in [2.24, 2.45) is 5.92 Å². The average molecular weight is 363 g/mol. The molecule has 25 heavy (non-hydrogen) atoms. The zero-order chi connectivity index (χ0) is 18.4. The first-order valence-corrected chi connectivity index (χ1v) is 10.4. The first-order valence-electron chi connectivity index (χ1n) is 9.81. The van der Waals surface area contributed by atoms with Gasteiger partial charge in [-0.05, 0) is 63.0 Å². The van der Waals surface area contributed by atoms with Gasteiger partial charge in [0.1, 0.15) is 0 Å². The number of aliphatic hydroxyl groups is 1. The Morgan fingerprint density at radius 3 is 1.64 bits per heavy atom. The lowest BCUT2D eigenvalue weighted by Gasteiger charge is -2.09. The smallest absolute Gasteiger partial charge is 0.0467 e. The third-order valence-corrected chi connectivity index (χ3v) is 4.42. The Hall–Kier alpha value is -0.990. The molecule has 1 N–H and O–H groups in total. The summed E-state index contributed by atoms with van der Waals surface area (Å²) < 4.78 is 0. The summed E-state index contributed by atoms with van der Waals surface area (Å²) in [6, 6.07) is 0. The minimum Gasteiger partial charge on any atom is -0.396 e. The fourth-order valence-electron chi connectivity index (χ4n) is 2.30. The third kappa shape index (κ3) is 19.2. The zero-order valence-electron chi connectivity index (χ0n) is 16.0. The van der Waals surface area contributed by atoms with E-state index in [0.29, 0.717) is 5.92 Å². The molecule has 0 amide bonds. The summed E-state index contributed by atoms with van der Waals surface area (Å²) in [6.45, 7) is 2.43. The van der Waals surface area contributed by atoms with Crippen LogP contribution in [0.3, 0.4) is 0 Å². The van der Waals surface area contributed by atoms with E-state index in [4.69, 9.17) is 5.11 Å². The van der Waals surface area contributed by atoms with Crippen LogP contribution < -0.4 is 0 Å². The van der Waals surface area contributed by atoms with Crippen LogP contribution in [-0.2, 0) is 0 Å². The number of thiol groups is 1. The van der Waals surface area contributed by atoms with Gasteiger partial charge in [0, 0.05) is 6.61 Å². The summed E-state index contributed by atoms with van der Waals surface area (Å²) >= 11 is 4.24. The summed E-state index contributed by atoms with van der Waals surface area (Å²) in [5.74, 6) is 1.16. The summed E-state index contributed by atoms with van der Waals surface area (Å²) in [5, 5.41) is 9.09. The standard InChI is InChI=1S/C23H38OS/c1-2-3-4-5-6-7-8-9-10-11-12-13-14-15-16-17-18-19-20-23(21-24)22-25/h3-4,6-7,9-10,12-13,15-16,23-25H,2,5,8,11,14,17-22H2,1H3/b4-3+,7-6+,10-9+,13-12+,16-15+. The molecule has 0 aromatic rings. The molecule has 0 saturated heterocycles. The molecule has 142 valence electrons. The number of unbranched alkanes of at least 4 members (excludes halogenated alkanes) is 2. The molecule has 1 unspecified atom stereocenters. The molecule has 0 aromatic carbocycles. The second-order valence-corrected chi connectivity index (χ2v) is 6.59. The maximum Gasteiger partial charge on any atom is 0.0467 e. The van der Waals surface area contributed by atoms with E-state index in [1.165, 1.54) is 12.8 Å². The van der Waals surface area contributed by atoms with E-state index in [2.05, 4.69) is 80.3 Å². The molecule has 0 rings (SSSR count). The molecule has 1 nitrogen and oxygen atoms in total. The van der Waals surface area contributed by atoms with Crippen LogP contribution in [0.1, 0.15) is 64.7 Å². The molecule has 0 aliphatic rings. The van der Waals surface area contributed by atoms with E-state index in [1.54, 1.807) is 0 Å². The lowest BCUT2D eigenvalue weighted by molar-refractivity contribution is 0.230. The molecule has 0 aromatic heterocycles. The van der Waals surface area contributed by atoms with Crippen molar-refractivity contribution in [3.63, 3.8) is 0 Å². The Morgan fingerprint density at radius 2 is 1.20 bits per heavy atom. The highest BCUT2D eigenvalue weighted by molar-refractivity contribution is 7.80. The first kappa shape index (κ1) is 24.0. The average Bonchev–Trinajstić information content (AvgIpc) is 2.64. The first-order chi connectivity index (χ1) is 12.3. The Balaban J connectivity index is 3.47. The minimum absolute atomic E-state index is 0.269. The lowest BCUT2D eigenvalue weighted by Crippen LogP contribution is -2.07. The number of aliphatic hydroxyl groups excluding tert-OH is 1. The Morgan fingerprint density at radius 1 is 0.720 bits per heavy atom.